The lowest BCUT2D eigenvalue weighted by atomic mass is 10.1. The van der Waals surface area contributed by atoms with Crippen molar-refractivity contribution in [1.29, 1.82) is 0 Å². The van der Waals surface area contributed by atoms with E-state index in [4.69, 9.17) is 14.2 Å². The predicted molar refractivity (Wildman–Crippen MR) is 66.0 cm³/mol. The molecule has 2 atom stereocenters. The average molecular weight is 262 g/mol. The number of phenolic OH excluding ortho intramolecular Hbond substituents is 2. The van der Waals surface area contributed by atoms with Crippen LogP contribution in [-0.4, -0.2) is 16.3 Å². The number of aromatic hydroxyl groups is 2. The van der Waals surface area contributed by atoms with Crippen LogP contribution in [-0.2, 0) is 20.0 Å². The van der Waals surface area contributed by atoms with Crippen molar-refractivity contribution < 1.29 is 24.4 Å². The molecular weight excluding hydrogens is 248 g/mol. The number of ether oxygens (including phenoxy) is 3. The molecule has 5 heteroatoms. The minimum absolute atomic E-state index is 0.0236. The van der Waals surface area contributed by atoms with Gasteiger partial charge in [-0.3, -0.25) is 0 Å². The first-order chi connectivity index (χ1) is 8.90. The van der Waals surface area contributed by atoms with Gasteiger partial charge in [-0.05, 0) is 19.1 Å². The van der Waals surface area contributed by atoms with Gasteiger partial charge in [0.15, 0.2) is 17.6 Å². The van der Waals surface area contributed by atoms with Gasteiger partial charge < -0.3 is 24.4 Å². The molecule has 2 aliphatic heterocycles. The van der Waals surface area contributed by atoms with E-state index < -0.39 is 5.79 Å². The third kappa shape index (κ3) is 1.62. The summed E-state index contributed by atoms with van der Waals surface area (Å²) in [6, 6.07) is 4.26. The van der Waals surface area contributed by atoms with Crippen LogP contribution in [0.3, 0.4) is 0 Å². The highest BCUT2D eigenvalue weighted by Gasteiger charge is 2.48. The summed E-state index contributed by atoms with van der Waals surface area (Å²) >= 11 is 0. The van der Waals surface area contributed by atoms with E-state index in [1.165, 1.54) is 12.1 Å². The zero-order chi connectivity index (χ0) is 13.8. The molecule has 0 saturated heterocycles. The molecule has 1 aromatic rings. The molecule has 1 aromatic carbocycles. The van der Waals surface area contributed by atoms with Crippen molar-refractivity contribution in [3.63, 3.8) is 0 Å². The summed E-state index contributed by atoms with van der Waals surface area (Å²) < 4.78 is 16.9. The fraction of sp³-hybridized carbons (Fsp3) is 0.286. The molecule has 0 amide bonds. The van der Waals surface area contributed by atoms with Crippen LogP contribution >= 0.6 is 0 Å². The van der Waals surface area contributed by atoms with Gasteiger partial charge in [0.1, 0.15) is 11.5 Å². The Morgan fingerprint density at radius 1 is 1.26 bits per heavy atom. The van der Waals surface area contributed by atoms with E-state index in [2.05, 4.69) is 6.58 Å². The Bertz CT molecular complexity index is 604. The second-order valence-corrected chi connectivity index (χ2v) is 4.73. The van der Waals surface area contributed by atoms with E-state index in [-0.39, 0.29) is 17.6 Å². The summed E-state index contributed by atoms with van der Waals surface area (Å²) in [5.41, 5.74) is 0.430. The van der Waals surface area contributed by atoms with Gasteiger partial charge in [0.25, 0.3) is 5.79 Å². The highest BCUT2D eigenvalue weighted by Crippen LogP contribution is 2.48. The number of hydrogen-bond acceptors (Lipinski definition) is 5. The summed E-state index contributed by atoms with van der Waals surface area (Å²) in [6.45, 7) is 7.28. The molecule has 0 aliphatic carbocycles. The molecule has 0 saturated carbocycles. The Balaban J connectivity index is 1.98. The minimum Gasteiger partial charge on any atom is -0.508 e. The Morgan fingerprint density at radius 2 is 2.00 bits per heavy atom. The Labute approximate surface area is 110 Å². The van der Waals surface area contributed by atoms with Crippen LogP contribution in [0.4, 0.5) is 0 Å². The Morgan fingerprint density at radius 3 is 2.63 bits per heavy atom. The maximum Gasteiger partial charge on any atom is 0.279 e. The van der Waals surface area contributed by atoms with Gasteiger partial charge in [0.2, 0.25) is 5.76 Å². The van der Waals surface area contributed by atoms with E-state index in [1.54, 1.807) is 13.0 Å². The molecule has 100 valence electrons. The average Bonchev–Trinajstić information content (AvgIpc) is 2.78. The number of phenols is 2. The summed E-state index contributed by atoms with van der Waals surface area (Å²) in [6.07, 6.45) is -0.261. The van der Waals surface area contributed by atoms with E-state index in [1.807, 2.05) is 6.92 Å². The van der Waals surface area contributed by atoms with Crippen LogP contribution in [0.15, 0.2) is 42.1 Å². The van der Waals surface area contributed by atoms with E-state index in [0.29, 0.717) is 22.8 Å². The SMILES string of the molecule is C=C1OC(C)C2=C1OC(C)(c1ccc(O)cc1O)O2. The third-order valence-corrected chi connectivity index (χ3v) is 3.24. The molecule has 2 heterocycles. The molecule has 0 spiro atoms. The lowest BCUT2D eigenvalue weighted by Gasteiger charge is -2.28. The van der Waals surface area contributed by atoms with Gasteiger partial charge in [0, 0.05) is 13.0 Å². The normalized spacial score (nSPS) is 28.7. The van der Waals surface area contributed by atoms with Gasteiger partial charge in [0.05, 0.1) is 5.56 Å². The fourth-order valence-corrected chi connectivity index (χ4v) is 2.32. The number of benzene rings is 1. The molecule has 3 rings (SSSR count). The molecule has 19 heavy (non-hydrogen) atoms. The lowest BCUT2D eigenvalue weighted by Crippen LogP contribution is -2.26. The number of rotatable bonds is 1. The van der Waals surface area contributed by atoms with E-state index in [9.17, 15) is 10.2 Å². The van der Waals surface area contributed by atoms with Gasteiger partial charge in [-0.2, -0.15) is 0 Å². The number of hydrogen-bond donors (Lipinski definition) is 2. The predicted octanol–water partition coefficient (Wildman–Crippen LogP) is 2.46. The molecule has 0 bridgehead atoms. The molecule has 0 radical (unpaired) electrons. The zero-order valence-corrected chi connectivity index (χ0v) is 10.6. The van der Waals surface area contributed by atoms with Crippen LogP contribution in [0.2, 0.25) is 0 Å². The zero-order valence-electron chi connectivity index (χ0n) is 10.6. The quantitative estimate of drug-likeness (QED) is 0.813. The molecule has 2 unspecified atom stereocenters. The standard InChI is InChI=1S/C14H14O5/c1-7-12-13(8(2)17-7)19-14(3,18-12)10-5-4-9(15)6-11(10)16/h4-6,8,15-16H,1H2,2-3H3. The van der Waals surface area contributed by atoms with Gasteiger partial charge in [-0.25, -0.2) is 0 Å². The lowest BCUT2D eigenvalue weighted by molar-refractivity contribution is -0.162. The van der Waals surface area contributed by atoms with Crippen LogP contribution in [0, 0.1) is 0 Å². The second kappa shape index (κ2) is 3.60. The Kier molecular flexibility index (Phi) is 2.23. The summed E-state index contributed by atoms with van der Waals surface area (Å²) in [4.78, 5) is 0. The molecule has 2 N–H and O–H groups in total. The molecule has 0 fully saturated rings. The first kappa shape index (κ1) is 11.8. The fourth-order valence-electron chi connectivity index (χ4n) is 2.32. The maximum atomic E-state index is 9.92. The monoisotopic (exact) mass is 262 g/mol. The van der Waals surface area contributed by atoms with Crippen molar-refractivity contribution in [3.8, 4) is 11.5 Å². The first-order valence-corrected chi connectivity index (χ1v) is 5.91. The van der Waals surface area contributed by atoms with Gasteiger partial charge in [-0.15, -0.1) is 0 Å². The van der Waals surface area contributed by atoms with E-state index >= 15 is 0 Å². The van der Waals surface area contributed by atoms with Crippen LogP contribution in [0.1, 0.15) is 19.4 Å². The third-order valence-electron chi connectivity index (χ3n) is 3.24. The molecular formula is C14H14O5. The molecule has 2 aliphatic rings. The summed E-state index contributed by atoms with van der Waals surface area (Å²) in [7, 11) is 0. The molecule has 0 aromatic heterocycles. The van der Waals surface area contributed by atoms with Crippen molar-refractivity contribution >= 4 is 0 Å². The van der Waals surface area contributed by atoms with Crippen LogP contribution in [0.5, 0.6) is 11.5 Å². The van der Waals surface area contributed by atoms with Crippen molar-refractivity contribution in [2.45, 2.75) is 25.7 Å². The largest absolute Gasteiger partial charge is 0.508 e. The van der Waals surface area contributed by atoms with Crippen LogP contribution in [0.25, 0.3) is 0 Å². The topological polar surface area (TPSA) is 68.2 Å². The highest BCUT2D eigenvalue weighted by molar-refractivity contribution is 5.43. The maximum absolute atomic E-state index is 9.92. The van der Waals surface area contributed by atoms with Crippen molar-refractivity contribution in [2.75, 3.05) is 0 Å². The van der Waals surface area contributed by atoms with Gasteiger partial charge >= 0.3 is 0 Å². The molecule has 5 nitrogen and oxygen atoms in total. The smallest absolute Gasteiger partial charge is 0.279 e. The van der Waals surface area contributed by atoms with Crippen molar-refractivity contribution in [1.82, 2.24) is 0 Å². The summed E-state index contributed by atoms with van der Waals surface area (Å²) in [5.74, 6) is 0.197. The summed E-state index contributed by atoms with van der Waals surface area (Å²) in [5, 5.41) is 19.2. The van der Waals surface area contributed by atoms with Crippen molar-refractivity contribution in [2.24, 2.45) is 0 Å². The second-order valence-electron chi connectivity index (χ2n) is 4.73. The van der Waals surface area contributed by atoms with Crippen LogP contribution < -0.4 is 0 Å². The Hall–Kier alpha value is -2.30. The first-order valence-electron chi connectivity index (χ1n) is 5.91. The highest BCUT2D eigenvalue weighted by atomic mass is 16.8. The van der Waals surface area contributed by atoms with Crippen molar-refractivity contribution in [3.05, 3.63) is 47.6 Å². The van der Waals surface area contributed by atoms with E-state index in [0.717, 1.165) is 0 Å². The minimum atomic E-state index is -1.15. The van der Waals surface area contributed by atoms with Gasteiger partial charge in [-0.1, -0.05) is 6.58 Å².